The van der Waals surface area contributed by atoms with E-state index in [0.29, 0.717) is 23.0 Å². The second-order valence-corrected chi connectivity index (χ2v) is 6.94. The summed E-state index contributed by atoms with van der Waals surface area (Å²) in [5.41, 5.74) is -0.283. The summed E-state index contributed by atoms with van der Waals surface area (Å²) < 4.78 is 67.2. The first kappa shape index (κ1) is 16.9. The lowest BCUT2D eigenvalue weighted by Gasteiger charge is -2.12. The average Bonchev–Trinajstić information content (AvgIpc) is 2.46. The Balaban J connectivity index is 2.26. The van der Waals surface area contributed by atoms with Crippen LogP contribution in [0.2, 0.25) is 0 Å². The molecule has 0 atom stereocenters. The third-order valence-electron chi connectivity index (χ3n) is 2.70. The molecule has 22 heavy (non-hydrogen) atoms. The summed E-state index contributed by atoms with van der Waals surface area (Å²) in [7, 11) is -4.54. The van der Waals surface area contributed by atoms with E-state index in [1.807, 2.05) is 6.92 Å². The molecule has 0 unspecified atom stereocenters. The van der Waals surface area contributed by atoms with E-state index < -0.39 is 26.8 Å². The van der Waals surface area contributed by atoms with Crippen LogP contribution in [0.5, 0.6) is 0 Å². The van der Waals surface area contributed by atoms with Crippen LogP contribution in [0.1, 0.15) is 11.1 Å². The van der Waals surface area contributed by atoms with Gasteiger partial charge in [0.05, 0.1) is 5.56 Å². The van der Waals surface area contributed by atoms with Crippen LogP contribution < -0.4 is 0 Å². The Hall–Kier alpha value is -1.51. The van der Waals surface area contributed by atoms with E-state index in [4.69, 9.17) is 0 Å². The molecule has 0 heterocycles. The predicted octanol–water partition coefficient (Wildman–Crippen LogP) is 4.43. The number of halogens is 3. The number of rotatable bonds is 4. The van der Waals surface area contributed by atoms with Gasteiger partial charge in [0, 0.05) is 16.9 Å². The molecule has 0 saturated carbocycles. The molecule has 2 aromatic carbocycles. The smallest absolute Gasteiger partial charge is 0.193 e. The highest BCUT2D eigenvalue weighted by atomic mass is 32.3. The van der Waals surface area contributed by atoms with Crippen LogP contribution in [-0.2, 0) is 19.9 Å². The molecule has 0 aliphatic rings. The largest absolute Gasteiger partial charge is 0.417 e. The molecule has 0 spiro atoms. The second kappa shape index (κ2) is 6.31. The molecule has 0 N–H and O–H groups in total. The van der Waals surface area contributed by atoms with E-state index >= 15 is 0 Å². The third kappa shape index (κ3) is 4.02. The minimum atomic E-state index is -4.78. The first-order valence-electron chi connectivity index (χ1n) is 6.04. The topological polar surface area (TPSA) is 43.4 Å². The maximum atomic E-state index is 12.9. The molecule has 0 aliphatic heterocycles. The Morgan fingerprint density at radius 2 is 1.59 bits per heavy atom. The molecule has 3 nitrogen and oxygen atoms in total. The van der Waals surface area contributed by atoms with Gasteiger partial charge < -0.3 is 0 Å². The summed E-state index contributed by atoms with van der Waals surface area (Å²) in [5.74, 6) is 0. The SMILES string of the molecule is Cc1ccc(SOS(=O)(=O)c2ccccc2C(F)(F)F)cc1. The van der Waals surface area contributed by atoms with Crippen molar-refractivity contribution in [2.45, 2.75) is 22.9 Å². The zero-order chi connectivity index (χ0) is 16.4. The van der Waals surface area contributed by atoms with E-state index in [1.54, 1.807) is 24.3 Å². The third-order valence-corrected chi connectivity index (χ3v) is 5.05. The van der Waals surface area contributed by atoms with E-state index in [2.05, 4.69) is 3.63 Å². The summed E-state index contributed by atoms with van der Waals surface area (Å²) >= 11 is 0.495. The predicted molar refractivity (Wildman–Crippen MR) is 76.8 cm³/mol. The lowest BCUT2D eigenvalue weighted by molar-refractivity contribution is -0.139. The monoisotopic (exact) mass is 348 g/mol. The molecule has 8 heteroatoms. The summed E-state index contributed by atoms with van der Waals surface area (Å²) in [5, 5.41) is 0. The normalized spacial score (nSPS) is 12.4. The van der Waals surface area contributed by atoms with Crippen molar-refractivity contribution >= 4 is 22.2 Å². The minimum Gasteiger partial charge on any atom is -0.193 e. The summed E-state index contributed by atoms with van der Waals surface area (Å²) in [4.78, 5) is -0.430. The fourth-order valence-electron chi connectivity index (χ4n) is 1.63. The van der Waals surface area contributed by atoms with Gasteiger partial charge in [0.2, 0.25) is 0 Å². The van der Waals surface area contributed by atoms with E-state index in [9.17, 15) is 21.6 Å². The van der Waals surface area contributed by atoms with Crippen LogP contribution in [0.15, 0.2) is 58.3 Å². The lowest BCUT2D eigenvalue weighted by atomic mass is 10.2. The molecular weight excluding hydrogens is 337 g/mol. The van der Waals surface area contributed by atoms with Gasteiger partial charge in [-0.3, -0.25) is 0 Å². The molecular formula is C14H11F3O3S2. The van der Waals surface area contributed by atoms with Crippen LogP contribution in [0.3, 0.4) is 0 Å². The van der Waals surface area contributed by atoms with Gasteiger partial charge in [-0.05, 0) is 31.2 Å². The molecule has 0 aromatic heterocycles. The highest BCUT2D eigenvalue weighted by Gasteiger charge is 2.37. The van der Waals surface area contributed by atoms with Gasteiger partial charge in [0.1, 0.15) is 4.90 Å². The van der Waals surface area contributed by atoms with Gasteiger partial charge in [-0.1, -0.05) is 29.8 Å². The first-order chi connectivity index (χ1) is 10.2. The fraction of sp³-hybridized carbons (Fsp3) is 0.143. The first-order valence-corrected chi connectivity index (χ1v) is 8.19. The lowest BCUT2D eigenvalue weighted by Crippen LogP contribution is -2.13. The Bertz CT molecular complexity index is 754. The molecule has 2 rings (SSSR count). The van der Waals surface area contributed by atoms with Gasteiger partial charge in [-0.2, -0.15) is 25.2 Å². The quantitative estimate of drug-likeness (QED) is 0.767. The van der Waals surface area contributed by atoms with Crippen molar-refractivity contribution < 1.29 is 25.2 Å². The summed E-state index contributed by atoms with van der Waals surface area (Å²) in [6, 6.07) is 10.6. The van der Waals surface area contributed by atoms with Gasteiger partial charge in [-0.15, -0.1) is 0 Å². The Labute approximate surface area is 130 Å². The van der Waals surface area contributed by atoms with Crippen molar-refractivity contribution in [3.8, 4) is 0 Å². The number of hydrogen-bond acceptors (Lipinski definition) is 4. The Morgan fingerprint density at radius 3 is 2.18 bits per heavy atom. The van der Waals surface area contributed by atoms with E-state index in [0.717, 1.165) is 17.7 Å². The average molecular weight is 348 g/mol. The molecule has 0 radical (unpaired) electrons. The van der Waals surface area contributed by atoms with Gasteiger partial charge in [-0.25, -0.2) is 0 Å². The molecule has 0 bridgehead atoms. The fourth-order valence-corrected chi connectivity index (χ4v) is 3.54. The molecule has 118 valence electrons. The standard InChI is InChI=1S/C14H11F3O3S2/c1-10-6-8-11(9-7-10)21-20-22(18,19)13-5-3-2-4-12(13)14(15,16)17/h2-9H,1H3. The van der Waals surface area contributed by atoms with Crippen LogP contribution in [-0.4, -0.2) is 8.42 Å². The molecule has 2 aromatic rings. The van der Waals surface area contributed by atoms with Gasteiger partial charge in [0.25, 0.3) is 0 Å². The van der Waals surface area contributed by atoms with Crippen LogP contribution in [0, 0.1) is 6.92 Å². The second-order valence-electron chi connectivity index (χ2n) is 4.41. The number of alkyl halides is 3. The van der Waals surface area contributed by atoms with E-state index in [-0.39, 0.29) is 0 Å². The zero-order valence-electron chi connectivity index (χ0n) is 11.3. The van der Waals surface area contributed by atoms with Crippen molar-refractivity contribution in [2.75, 3.05) is 0 Å². The zero-order valence-corrected chi connectivity index (χ0v) is 12.9. The number of hydrogen-bond donors (Lipinski definition) is 0. The summed E-state index contributed by atoms with van der Waals surface area (Å²) in [6.07, 6.45) is -4.78. The van der Waals surface area contributed by atoms with Crippen molar-refractivity contribution in [1.29, 1.82) is 0 Å². The van der Waals surface area contributed by atoms with Crippen molar-refractivity contribution in [2.24, 2.45) is 0 Å². The number of aryl methyl sites for hydroxylation is 1. The van der Waals surface area contributed by atoms with Crippen molar-refractivity contribution in [3.05, 3.63) is 59.7 Å². The molecule has 0 fully saturated rings. The highest BCUT2D eigenvalue weighted by Crippen LogP contribution is 2.36. The van der Waals surface area contributed by atoms with Crippen molar-refractivity contribution in [1.82, 2.24) is 0 Å². The van der Waals surface area contributed by atoms with Crippen molar-refractivity contribution in [3.63, 3.8) is 0 Å². The highest BCUT2D eigenvalue weighted by molar-refractivity contribution is 8.04. The molecule has 0 aliphatic carbocycles. The summed E-state index contributed by atoms with van der Waals surface area (Å²) in [6.45, 7) is 1.85. The number of benzene rings is 2. The van der Waals surface area contributed by atoms with E-state index in [1.165, 1.54) is 6.07 Å². The maximum absolute atomic E-state index is 12.9. The van der Waals surface area contributed by atoms with Gasteiger partial charge >= 0.3 is 16.3 Å². The van der Waals surface area contributed by atoms with Crippen LogP contribution in [0.25, 0.3) is 0 Å². The maximum Gasteiger partial charge on any atom is 0.417 e. The Kier molecular flexibility index (Phi) is 4.84. The van der Waals surface area contributed by atoms with Crippen LogP contribution >= 0.6 is 12.0 Å². The minimum absolute atomic E-state index is 0.471. The van der Waals surface area contributed by atoms with Gasteiger partial charge in [0.15, 0.2) is 0 Å². The van der Waals surface area contributed by atoms with Crippen LogP contribution in [0.4, 0.5) is 13.2 Å². The molecule has 0 amide bonds. The molecule has 0 saturated heterocycles. The Morgan fingerprint density at radius 1 is 1.00 bits per heavy atom.